The predicted molar refractivity (Wildman–Crippen MR) is 81.9 cm³/mol. The van der Waals surface area contributed by atoms with Crippen molar-refractivity contribution in [2.24, 2.45) is 5.41 Å². The lowest BCUT2D eigenvalue weighted by Gasteiger charge is -2.49. The van der Waals surface area contributed by atoms with Gasteiger partial charge in [-0.05, 0) is 12.5 Å². The normalized spacial score (nSPS) is 25.5. The first kappa shape index (κ1) is 13.4. The van der Waals surface area contributed by atoms with Crippen molar-refractivity contribution < 1.29 is 5.11 Å². The highest BCUT2D eigenvalue weighted by molar-refractivity contribution is 7.19. The number of thiophene rings is 1. The summed E-state index contributed by atoms with van der Waals surface area (Å²) in [4.78, 5) is 1.18. The average Bonchev–Trinajstić information content (AvgIpc) is 2.72. The molecule has 1 saturated carbocycles. The molecule has 19 heavy (non-hydrogen) atoms. The number of aliphatic hydroxyl groups is 1. The Labute approximate surface area is 122 Å². The quantitative estimate of drug-likeness (QED) is 0.902. The lowest BCUT2D eigenvalue weighted by atomic mass is 9.64. The Bertz CT molecular complexity index is 607. The summed E-state index contributed by atoms with van der Waals surface area (Å²) in [6, 6.07) is 8.59. The van der Waals surface area contributed by atoms with Gasteiger partial charge in [0, 0.05) is 33.0 Å². The second kappa shape index (κ2) is 4.74. The minimum Gasteiger partial charge on any atom is -0.392 e. The third-order valence-electron chi connectivity index (χ3n) is 4.33. The largest absolute Gasteiger partial charge is 0.392 e. The van der Waals surface area contributed by atoms with E-state index in [0.717, 1.165) is 23.4 Å². The van der Waals surface area contributed by atoms with E-state index in [4.69, 9.17) is 11.6 Å². The van der Waals surface area contributed by atoms with Crippen LogP contribution in [0.4, 0.5) is 0 Å². The van der Waals surface area contributed by atoms with Crippen LogP contribution in [0.25, 0.3) is 10.1 Å². The van der Waals surface area contributed by atoms with Crippen LogP contribution in [0.15, 0.2) is 24.3 Å². The van der Waals surface area contributed by atoms with Crippen molar-refractivity contribution in [1.82, 2.24) is 5.32 Å². The van der Waals surface area contributed by atoms with E-state index in [1.807, 2.05) is 12.1 Å². The van der Waals surface area contributed by atoms with Gasteiger partial charge in [-0.15, -0.1) is 11.3 Å². The van der Waals surface area contributed by atoms with Gasteiger partial charge in [-0.2, -0.15) is 0 Å². The Morgan fingerprint density at radius 2 is 2.16 bits per heavy atom. The van der Waals surface area contributed by atoms with Crippen molar-refractivity contribution in [3.05, 3.63) is 34.2 Å². The molecular weight excluding hydrogens is 278 g/mol. The molecule has 102 valence electrons. The van der Waals surface area contributed by atoms with Gasteiger partial charge in [-0.1, -0.05) is 43.6 Å². The standard InChI is InChI=1S/C15H18ClNOS/c1-15(2)12(7-13(15)18)17-8-11-14(16)9-5-3-4-6-10(9)19-11/h3-6,12-13,17-18H,7-8H2,1-2H3. The molecule has 0 amide bonds. The molecule has 4 heteroatoms. The van der Waals surface area contributed by atoms with E-state index in [0.29, 0.717) is 6.04 Å². The molecule has 1 aromatic heterocycles. The smallest absolute Gasteiger partial charge is 0.0636 e. The van der Waals surface area contributed by atoms with Crippen LogP contribution in [0.5, 0.6) is 0 Å². The minimum absolute atomic E-state index is 0.0385. The van der Waals surface area contributed by atoms with Gasteiger partial charge in [0.05, 0.1) is 11.1 Å². The monoisotopic (exact) mass is 295 g/mol. The molecule has 0 aliphatic heterocycles. The van der Waals surface area contributed by atoms with E-state index >= 15 is 0 Å². The topological polar surface area (TPSA) is 32.3 Å². The number of nitrogens with one attached hydrogen (secondary N) is 1. The first-order valence-electron chi connectivity index (χ1n) is 6.57. The summed E-state index contributed by atoms with van der Waals surface area (Å²) in [6.07, 6.45) is 0.637. The molecule has 1 aliphatic carbocycles. The van der Waals surface area contributed by atoms with Gasteiger partial charge in [-0.3, -0.25) is 0 Å². The molecule has 2 nitrogen and oxygen atoms in total. The maximum atomic E-state index is 9.75. The van der Waals surface area contributed by atoms with Crippen LogP contribution < -0.4 is 5.32 Å². The van der Waals surface area contributed by atoms with Crippen LogP contribution in [-0.4, -0.2) is 17.3 Å². The Morgan fingerprint density at radius 3 is 2.79 bits per heavy atom. The molecule has 0 saturated heterocycles. The summed E-state index contributed by atoms with van der Waals surface area (Å²) in [6.45, 7) is 4.98. The summed E-state index contributed by atoms with van der Waals surface area (Å²) in [5.41, 5.74) is -0.0385. The molecule has 2 atom stereocenters. The maximum Gasteiger partial charge on any atom is 0.0636 e. The highest BCUT2D eigenvalue weighted by Gasteiger charge is 2.46. The first-order chi connectivity index (χ1) is 9.00. The molecule has 0 radical (unpaired) electrons. The van der Waals surface area contributed by atoms with E-state index < -0.39 is 0 Å². The van der Waals surface area contributed by atoms with Gasteiger partial charge in [0.2, 0.25) is 0 Å². The molecule has 1 aromatic carbocycles. The molecule has 2 unspecified atom stereocenters. The molecular formula is C15H18ClNOS. The van der Waals surface area contributed by atoms with Crippen LogP contribution in [-0.2, 0) is 6.54 Å². The predicted octanol–water partition coefficient (Wildman–Crippen LogP) is 3.80. The molecule has 0 spiro atoms. The molecule has 0 bridgehead atoms. The Morgan fingerprint density at radius 1 is 1.42 bits per heavy atom. The number of fused-ring (bicyclic) bond motifs is 1. The fourth-order valence-corrected chi connectivity index (χ4v) is 4.09. The number of benzene rings is 1. The summed E-state index contributed by atoms with van der Waals surface area (Å²) in [5.74, 6) is 0. The molecule has 2 aromatic rings. The van der Waals surface area contributed by atoms with Gasteiger partial charge in [0.15, 0.2) is 0 Å². The Kier molecular flexibility index (Phi) is 3.34. The van der Waals surface area contributed by atoms with Crippen molar-refractivity contribution in [2.45, 2.75) is 39.0 Å². The van der Waals surface area contributed by atoms with Crippen molar-refractivity contribution in [2.75, 3.05) is 0 Å². The van der Waals surface area contributed by atoms with Gasteiger partial charge < -0.3 is 10.4 Å². The van der Waals surface area contributed by atoms with Crippen LogP contribution >= 0.6 is 22.9 Å². The van der Waals surface area contributed by atoms with Gasteiger partial charge >= 0.3 is 0 Å². The highest BCUT2D eigenvalue weighted by Crippen LogP contribution is 2.41. The maximum absolute atomic E-state index is 9.75. The Balaban J connectivity index is 1.74. The Hall–Kier alpha value is -0.610. The van der Waals surface area contributed by atoms with Crippen molar-refractivity contribution in [1.29, 1.82) is 0 Å². The van der Waals surface area contributed by atoms with E-state index in [1.54, 1.807) is 11.3 Å². The molecule has 1 aliphatic rings. The van der Waals surface area contributed by atoms with E-state index in [1.165, 1.54) is 9.58 Å². The zero-order valence-corrected chi connectivity index (χ0v) is 12.7. The minimum atomic E-state index is -0.192. The molecule has 1 heterocycles. The van der Waals surface area contributed by atoms with E-state index in [9.17, 15) is 5.11 Å². The number of halogens is 1. The SMILES string of the molecule is CC1(C)C(O)CC1NCc1sc2ccccc2c1Cl. The second-order valence-electron chi connectivity index (χ2n) is 5.84. The fourth-order valence-electron chi connectivity index (χ4n) is 2.64. The van der Waals surface area contributed by atoms with Crippen molar-refractivity contribution in [3.63, 3.8) is 0 Å². The third kappa shape index (κ3) is 2.19. The highest BCUT2D eigenvalue weighted by atomic mass is 35.5. The number of aliphatic hydroxyl groups excluding tert-OH is 1. The number of hydrogen-bond donors (Lipinski definition) is 2. The summed E-state index contributed by atoms with van der Waals surface area (Å²) in [5, 5.41) is 15.3. The third-order valence-corrected chi connectivity index (χ3v) is 6.04. The molecule has 3 rings (SSSR count). The van der Waals surface area contributed by atoms with Crippen LogP contribution in [0.1, 0.15) is 25.1 Å². The van der Waals surface area contributed by atoms with E-state index in [-0.39, 0.29) is 11.5 Å². The van der Waals surface area contributed by atoms with Crippen LogP contribution in [0.2, 0.25) is 5.02 Å². The lowest BCUT2D eigenvalue weighted by Crippen LogP contribution is -2.59. The molecule has 1 fully saturated rings. The summed E-state index contributed by atoms with van der Waals surface area (Å²) >= 11 is 8.17. The van der Waals surface area contributed by atoms with Crippen molar-refractivity contribution in [3.8, 4) is 0 Å². The fraction of sp³-hybridized carbons (Fsp3) is 0.467. The zero-order valence-electron chi connectivity index (χ0n) is 11.1. The van der Waals surface area contributed by atoms with Gasteiger partial charge in [0.1, 0.15) is 0 Å². The summed E-state index contributed by atoms with van der Waals surface area (Å²) < 4.78 is 1.23. The zero-order chi connectivity index (χ0) is 13.6. The number of rotatable bonds is 3. The lowest BCUT2D eigenvalue weighted by molar-refractivity contribution is -0.0729. The van der Waals surface area contributed by atoms with Gasteiger partial charge in [-0.25, -0.2) is 0 Å². The number of hydrogen-bond acceptors (Lipinski definition) is 3. The van der Waals surface area contributed by atoms with Gasteiger partial charge in [0.25, 0.3) is 0 Å². The average molecular weight is 296 g/mol. The second-order valence-corrected chi connectivity index (χ2v) is 7.36. The van der Waals surface area contributed by atoms with Crippen LogP contribution in [0.3, 0.4) is 0 Å². The summed E-state index contributed by atoms with van der Waals surface area (Å²) in [7, 11) is 0. The molecule has 2 N–H and O–H groups in total. The van der Waals surface area contributed by atoms with Crippen LogP contribution in [0, 0.1) is 5.41 Å². The first-order valence-corrected chi connectivity index (χ1v) is 7.77. The van der Waals surface area contributed by atoms with Crippen molar-refractivity contribution >= 4 is 33.0 Å². The van der Waals surface area contributed by atoms with E-state index in [2.05, 4.69) is 31.3 Å².